The number of carbonyl (C=O) groups is 1. The van der Waals surface area contributed by atoms with Gasteiger partial charge in [-0.25, -0.2) is 0 Å². The van der Waals surface area contributed by atoms with Gasteiger partial charge in [0.1, 0.15) is 6.10 Å². The number of rotatable bonds is 5. The van der Waals surface area contributed by atoms with Crippen LogP contribution in [0.3, 0.4) is 0 Å². The highest BCUT2D eigenvalue weighted by Crippen LogP contribution is 2.68. The van der Waals surface area contributed by atoms with Gasteiger partial charge in [-0.2, -0.15) is 0 Å². The molecule has 0 saturated heterocycles. The predicted octanol–water partition coefficient (Wildman–Crippen LogP) is 7.96. The van der Waals surface area contributed by atoms with Crippen molar-refractivity contribution in [3.63, 3.8) is 0 Å². The number of hydrogen-bond donors (Lipinski definition) is 0. The van der Waals surface area contributed by atoms with E-state index in [1.165, 1.54) is 69.8 Å². The molecule has 0 amide bonds. The van der Waals surface area contributed by atoms with Gasteiger partial charge in [-0.15, -0.1) is 0 Å². The third-order valence-corrected chi connectivity index (χ3v) is 10.7. The summed E-state index contributed by atoms with van der Waals surface area (Å²) in [7, 11) is 0. The van der Waals surface area contributed by atoms with Gasteiger partial charge in [-0.3, -0.25) is 4.79 Å². The highest BCUT2D eigenvalue weighted by Gasteiger charge is 2.63. The molecule has 4 aliphatic carbocycles. The number of allylic oxidation sites excluding steroid dienone is 2. The first-order valence-corrected chi connectivity index (χ1v) is 13.5. The first-order chi connectivity index (χ1) is 14.7. The summed E-state index contributed by atoms with van der Waals surface area (Å²) >= 11 is 0. The van der Waals surface area contributed by atoms with Crippen LogP contribution in [-0.4, -0.2) is 12.1 Å². The van der Waals surface area contributed by atoms with Crippen LogP contribution < -0.4 is 0 Å². The van der Waals surface area contributed by atoms with Crippen molar-refractivity contribution in [2.24, 2.45) is 46.3 Å². The fraction of sp³-hybridized carbons (Fsp3) is 0.897. The number of fused-ring (bicyclic) bond motifs is 5. The summed E-state index contributed by atoms with van der Waals surface area (Å²) in [4.78, 5) is 12.2. The van der Waals surface area contributed by atoms with Crippen LogP contribution in [0.1, 0.15) is 112 Å². The van der Waals surface area contributed by atoms with E-state index in [0.29, 0.717) is 16.7 Å². The van der Waals surface area contributed by atoms with Gasteiger partial charge in [0.15, 0.2) is 0 Å². The summed E-state index contributed by atoms with van der Waals surface area (Å²) in [6, 6.07) is 0. The maximum atomic E-state index is 12.2. The predicted molar refractivity (Wildman–Crippen MR) is 129 cm³/mol. The Labute approximate surface area is 192 Å². The topological polar surface area (TPSA) is 26.3 Å². The number of ether oxygens (including phenoxy) is 1. The minimum Gasteiger partial charge on any atom is -0.462 e. The largest absolute Gasteiger partial charge is 0.462 e. The molecule has 0 N–H and O–H groups in total. The maximum absolute atomic E-state index is 12.2. The Bertz CT molecular complexity index is 691. The molecule has 4 rings (SSSR count). The van der Waals surface area contributed by atoms with Crippen LogP contribution >= 0.6 is 0 Å². The zero-order valence-corrected chi connectivity index (χ0v) is 21.2. The van der Waals surface area contributed by atoms with E-state index in [0.717, 1.165) is 36.0 Å². The molecule has 0 spiro atoms. The van der Waals surface area contributed by atoms with Gasteiger partial charge in [0.05, 0.1) is 0 Å². The first-order valence-electron chi connectivity index (χ1n) is 13.5. The summed E-state index contributed by atoms with van der Waals surface area (Å²) in [5.41, 5.74) is 2.16. The standard InChI is InChI=1S/C29H48O2/c1-19(2)10-9-11-20(3)24-15-16-25-23-14-13-22-12-7-8-17-28(22,5)27(23)26(31-21(4)30)18-29(24,25)6/h10,20,22-27H,7-9,11-18H2,1-6H3/t20?,22?,23-,24+,25-,26?,27+,28-,29+/m0/s1. The minimum atomic E-state index is -0.0570. The van der Waals surface area contributed by atoms with Crippen molar-refractivity contribution < 1.29 is 9.53 Å². The quantitative estimate of drug-likeness (QED) is 0.328. The van der Waals surface area contributed by atoms with Crippen molar-refractivity contribution in [2.75, 3.05) is 0 Å². The van der Waals surface area contributed by atoms with E-state index in [1.807, 2.05) is 0 Å². The molecule has 0 aliphatic heterocycles. The lowest BCUT2D eigenvalue weighted by molar-refractivity contribution is -0.194. The van der Waals surface area contributed by atoms with Crippen molar-refractivity contribution in [3.8, 4) is 0 Å². The summed E-state index contributed by atoms with van der Waals surface area (Å²) in [5.74, 6) is 4.51. The van der Waals surface area contributed by atoms with Crippen LogP contribution in [-0.2, 0) is 9.53 Å². The van der Waals surface area contributed by atoms with Crippen LogP contribution in [0.2, 0.25) is 0 Å². The molecule has 0 aromatic heterocycles. The average molecular weight is 429 g/mol. The highest BCUT2D eigenvalue weighted by atomic mass is 16.5. The zero-order valence-electron chi connectivity index (χ0n) is 21.2. The van der Waals surface area contributed by atoms with Gasteiger partial charge in [-0.05, 0) is 112 Å². The van der Waals surface area contributed by atoms with E-state index in [9.17, 15) is 4.79 Å². The lowest BCUT2D eigenvalue weighted by atomic mass is 9.43. The molecular weight excluding hydrogens is 380 g/mol. The zero-order chi connectivity index (χ0) is 22.4. The van der Waals surface area contributed by atoms with Crippen molar-refractivity contribution in [3.05, 3.63) is 11.6 Å². The minimum absolute atomic E-state index is 0.0570. The van der Waals surface area contributed by atoms with E-state index in [4.69, 9.17) is 4.74 Å². The molecule has 2 nitrogen and oxygen atoms in total. The van der Waals surface area contributed by atoms with Crippen molar-refractivity contribution in [1.29, 1.82) is 0 Å². The molecule has 176 valence electrons. The molecule has 0 heterocycles. The molecule has 31 heavy (non-hydrogen) atoms. The third kappa shape index (κ3) is 4.15. The smallest absolute Gasteiger partial charge is 0.302 e. The van der Waals surface area contributed by atoms with Gasteiger partial charge in [0.2, 0.25) is 0 Å². The number of esters is 1. The van der Waals surface area contributed by atoms with Gasteiger partial charge in [0, 0.05) is 12.8 Å². The Kier molecular flexibility index (Phi) is 6.68. The second kappa shape index (κ2) is 8.86. The van der Waals surface area contributed by atoms with E-state index >= 15 is 0 Å². The van der Waals surface area contributed by atoms with Gasteiger partial charge < -0.3 is 4.74 Å². The van der Waals surface area contributed by atoms with Crippen molar-refractivity contribution in [2.45, 2.75) is 118 Å². The molecule has 4 fully saturated rings. The normalized spacial score (nSPS) is 45.1. The molecule has 3 unspecified atom stereocenters. The molecule has 4 saturated carbocycles. The molecular formula is C29H48O2. The first kappa shape index (κ1) is 23.4. The molecule has 9 atom stereocenters. The Morgan fingerprint density at radius 3 is 2.52 bits per heavy atom. The highest BCUT2D eigenvalue weighted by molar-refractivity contribution is 5.66. The fourth-order valence-corrected chi connectivity index (χ4v) is 9.52. The third-order valence-electron chi connectivity index (χ3n) is 10.7. The lowest BCUT2D eigenvalue weighted by Gasteiger charge is -2.62. The summed E-state index contributed by atoms with van der Waals surface area (Å²) in [6.45, 7) is 13.7. The van der Waals surface area contributed by atoms with Crippen LogP contribution in [0.25, 0.3) is 0 Å². The molecule has 4 aliphatic rings. The fourth-order valence-electron chi connectivity index (χ4n) is 9.52. The second-order valence-electron chi connectivity index (χ2n) is 12.7. The van der Waals surface area contributed by atoms with E-state index in [2.05, 4.69) is 40.7 Å². The number of carbonyl (C=O) groups excluding carboxylic acids is 1. The van der Waals surface area contributed by atoms with Crippen molar-refractivity contribution in [1.82, 2.24) is 0 Å². The van der Waals surface area contributed by atoms with Crippen LogP contribution in [0, 0.1) is 46.3 Å². The monoisotopic (exact) mass is 428 g/mol. The molecule has 0 aromatic carbocycles. The molecule has 2 heteroatoms. The maximum Gasteiger partial charge on any atom is 0.302 e. The van der Waals surface area contributed by atoms with E-state index in [-0.39, 0.29) is 12.1 Å². The summed E-state index contributed by atoms with van der Waals surface area (Å²) in [5, 5.41) is 0. The van der Waals surface area contributed by atoms with Crippen LogP contribution in [0.5, 0.6) is 0 Å². The Morgan fingerprint density at radius 1 is 1.03 bits per heavy atom. The second-order valence-corrected chi connectivity index (χ2v) is 12.7. The average Bonchev–Trinajstić information content (AvgIpc) is 3.03. The van der Waals surface area contributed by atoms with Gasteiger partial charge in [-0.1, -0.05) is 45.3 Å². The molecule has 0 bridgehead atoms. The lowest BCUT2D eigenvalue weighted by Crippen LogP contribution is -2.59. The Hall–Kier alpha value is -0.790. The van der Waals surface area contributed by atoms with Gasteiger partial charge >= 0.3 is 5.97 Å². The SMILES string of the molecule is CC(=O)OC1C[C@]2(C)[C@@H](C(C)CCC=C(C)C)CC[C@H]2[C@@H]2CCC3CCCC[C@]3(C)[C@@H]12. The molecule has 0 radical (unpaired) electrons. The van der Waals surface area contributed by atoms with Crippen LogP contribution in [0.4, 0.5) is 0 Å². The van der Waals surface area contributed by atoms with Crippen molar-refractivity contribution >= 4 is 5.97 Å². The Balaban J connectivity index is 1.61. The Morgan fingerprint density at radius 2 is 1.81 bits per heavy atom. The van der Waals surface area contributed by atoms with Crippen LogP contribution in [0.15, 0.2) is 11.6 Å². The number of hydrogen-bond acceptors (Lipinski definition) is 2. The van der Waals surface area contributed by atoms with Gasteiger partial charge in [0.25, 0.3) is 0 Å². The van der Waals surface area contributed by atoms with E-state index in [1.54, 1.807) is 6.92 Å². The molecule has 0 aromatic rings. The summed E-state index contributed by atoms with van der Waals surface area (Å²) in [6.07, 6.45) is 17.3. The summed E-state index contributed by atoms with van der Waals surface area (Å²) < 4.78 is 6.24. The van der Waals surface area contributed by atoms with E-state index < -0.39 is 0 Å².